The van der Waals surface area contributed by atoms with E-state index in [-0.39, 0.29) is 12.6 Å². The van der Waals surface area contributed by atoms with Gasteiger partial charge in [-0.3, -0.25) is 10.1 Å². The van der Waals surface area contributed by atoms with Crippen molar-refractivity contribution in [3.8, 4) is 5.75 Å². The number of urea groups is 1. The van der Waals surface area contributed by atoms with Gasteiger partial charge in [0.2, 0.25) is 5.91 Å². The third kappa shape index (κ3) is 5.03. The highest BCUT2D eigenvalue weighted by molar-refractivity contribution is 6.31. The zero-order chi connectivity index (χ0) is 16.8. The number of anilines is 1. The molecule has 0 bridgehead atoms. The van der Waals surface area contributed by atoms with Crippen molar-refractivity contribution >= 4 is 29.2 Å². The molecule has 0 spiro atoms. The van der Waals surface area contributed by atoms with E-state index in [0.717, 1.165) is 31.2 Å². The number of amides is 3. The largest absolute Gasteiger partial charge is 0.495 e. The number of carbonyl (C=O) groups is 2. The number of rotatable bonds is 5. The number of carbonyl (C=O) groups excluding carboxylic acids is 2. The van der Waals surface area contributed by atoms with Crippen LogP contribution in [-0.4, -0.2) is 31.6 Å². The fourth-order valence-corrected chi connectivity index (χ4v) is 2.76. The molecule has 1 aromatic rings. The van der Waals surface area contributed by atoms with Crippen LogP contribution in [0.3, 0.4) is 0 Å². The Labute approximate surface area is 140 Å². The van der Waals surface area contributed by atoms with Crippen molar-refractivity contribution in [2.24, 2.45) is 0 Å². The lowest BCUT2D eigenvalue weighted by Gasteiger charge is -2.14. The summed E-state index contributed by atoms with van der Waals surface area (Å²) in [5.41, 5.74) is 1.52. The van der Waals surface area contributed by atoms with Crippen LogP contribution in [0.4, 0.5) is 10.5 Å². The van der Waals surface area contributed by atoms with E-state index in [9.17, 15) is 9.59 Å². The van der Waals surface area contributed by atoms with E-state index >= 15 is 0 Å². The minimum atomic E-state index is -0.442. The van der Waals surface area contributed by atoms with Crippen LogP contribution < -0.4 is 20.7 Å². The first kappa shape index (κ1) is 17.4. The summed E-state index contributed by atoms with van der Waals surface area (Å²) in [4.78, 5) is 23.6. The number of hydrogen-bond acceptors (Lipinski definition) is 4. The molecule has 0 radical (unpaired) electrons. The smallest absolute Gasteiger partial charge is 0.321 e. The van der Waals surface area contributed by atoms with Gasteiger partial charge in [0.25, 0.3) is 0 Å². The van der Waals surface area contributed by atoms with Crippen molar-refractivity contribution in [3.63, 3.8) is 0 Å². The number of ether oxygens (including phenoxy) is 1. The predicted octanol–water partition coefficient (Wildman–Crippen LogP) is 2.84. The van der Waals surface area contributed by atoms with Crippen molar-refractivity contribution in [2.75, 3.05) is 19.0 Å². The first-order chi connectivity index (χ1) is 11.0. The van der Waals surface area contributed by atoms with Crippen molar-refractivity contribution < 1.29 is 14.3 Å². The lowest BCUT2D eigenvalue weighted by molar-refractivity contribution is -0.118. The van der Waals surface area contributed by atoms with E-state index in [1.54, 1.807) is 12.1 Å². The second-order valence-corrected chi connectivity index (χ2v) is 6.07. The molecule has 1 aromatic carbocycles. The molecule has 1 aliphatic carbocycles. The molecule has 126 valence electrons. The van der Waals surface area contributed by atoms with Gasteiger partial charge in [0, 0.05) is 17.1 Å². The van der Waals surface area contributed by atoms with E-state index in [4.69, 9.17) is 16.3 Å². The zero-order valence-corrected chi connectivity index (χ0v) is 14.1. The molecule has 0 atom stereocenters. The molecule has 2 rings (SSSR count). The van der Waals surface area contributed by atoms with Gasteiger partial charge in [-0.15, -0.1) is 0 Å². The highest BCUT2D eigenvalue weighted by Gasteiger charge is 2.18. The zero-order valence-electron chi connectivity index (χ0n) is 13.4. The average Bonchev–Trinajstić information content (AvgIpc) is 3.00. The molecule has 1 aliphatic rings. The summed E-state index contributed by atoms with van der Waals surface area (Å²) in [7, 11) is 1.53. The van der Waals surface area contributed by atoms with E-state index in [0.29, 0.717) is 16.5 Å². The van der Waals surface area contributed by atoms with Gasteiger partial charge in [-0.1, -0.05) is 24.4 Å². The Bertz CT molecular complexity index is 586. The molecule has 0 saturated heterocycles. The second-order valence-electron chi connectivity index (χ2n) is 5.66. The van der Waals surface area contributed by atoms with Crippen LogP contribution in [0.5, 0.6) is 5.75 Å². The SMILES string of the molecule is COc1cc(Cl)c(C)cc1NCC(=O)NC(=O)NC1CCCC1. The van der Waals surface area contributed by atoms with Gasteiger partial charge in [0.1, 0.15) is 5.75 Å². The normalized spacial score (nSPS) is 14.4. The van der Waals surface area contributed by atoms with Gasteiger partial charge in [0.05, 0.1) is 19.3 Å². The molecule has 0 unspecified atom stereocenters. The summed E-state index contributed by atoms with van der Waals surface area (Å²) in [6, 6.07) is 3.22. The number of benzene rings is 1. The third-order valence-electron chi connectivity index (χ3n) is 3.86. The van der Waals surface area contributed by atoms with Crippen molar-refractivity contribution in [1.29, 1.82) is 0 Å². The number of hydrogen-bond donors (Lipinski definition) is 3. The fraction of sp³-hybridized carbons (Fsp3) is 0.500. The Morgan fingerprint density at radius 3 is 2.65 bits per heavy atom. The van der Waals surface area contributed by atoms with Crippen LogP contribution in [0.2, 0.25) is 5.02 Å². The Balaban J connectivity index is 1.84. The maximum absolute atomic E-state index is 11.9. The van der Waals surface area contributed by atoms with Crippen LogP contribution in [0.25, 0.3) is 0 Å². The van der Waals surface area contributed by atoms with E-state index in [1.165, 1.54) is 7.11 Å². The van der Waals surface area contributed by atoms with E-state index < -0.39 is 11.9 Å². The number of aryl methyl sites for hydroxylation is 1. The Morgan fingerprint density at radius 2 is 2.00 bits per heavy atom. The average molecular weight is 340 g/mol. The Morgan fingerprint density at radius 1 is 1.30 bits per heavy atom. The van der Waals surface area contributed by atoms with Gasteiger partial charge in [-0.2, -0.15) is 0 Å². The van der Waals surface area contributed by atoms with Gasteiger partial charge in [0.15, 0.2) is 0 Å². The van der Waals surface area contributed by atoms with E-state index in [1.807, 2.05) is 6.92 Å². The molecular weight excluding hydrogens is 318 g/mol. The third-order valence-corrected chi connectivity index (χ3v) is 4.27. The van der Waals surface area contributed by atoms with Crippen LogP contribution >= 0.6 is 11.6 Å². The highest BCUT2D eigenvalue weighted by atomic mass is 35.5. The Hall–Kier alpha value is -1.95. The number of methoxy groups -OCH3 is 1. The van der Waals surface area contributed by atoms with Gasteiger partial charge in [-0.05, 0) is 31.4 Å². The fourth-order valence-electron chi connectivity index (χ4n) is 2.61. The first-order valence-electron chi connectivity index (χ1n) is 7.68. The predicted molar refractivity (Wildman–Crippen MR) is 90.2 cm³/mol. The molecule has 3 N–H and O–H groups in total. The van der Waals surface area contributed by atoms with Gasteiger partial charge >= 0.3 is 6.03 Å². The van der Waals surface area contributed by atoms with Crippen molar-refractivity contribution in [1.82, 2.24) is 10.6 Å². The monoisotopic (exact) mass is 339 g/mol. The summed E-state index contributed by atoms with van der Waals surface area (Å²) in [6.07, 6.45) is 4.19. The standard InChI is InChI=1S/C16H22ClN3O3/c1-10-7-13(14(23-2)8-12(10)17)18-9-15(21)20-16(22)19-11-5-3-4-6-11/h7-8,11,18H,3-6,9H2,1-2H3,(H2,19,20,21,22). The molecule has 1 fully saturated rings. The lowest BCUT2D eigenvalue weighted by Crippen LogP contribution is -2.45. The van der Waals surface area contributed by atoms with Crippen LogP contribution in [0.1, 0.15) is 31.2 Å². The minimum Gasteiger partial charge on any atom is -0.495 e. The summed E-state index contributed by atoms with van der Waals surface area (Å²) in [5, 5.41) is 8.67. The van der Waals surface area contributed by atoms with Crippen LogP contribution in [0, 0.1) is 6.92 Å². The molecule has 23 heavy (non-hydrogen) atoms. The number of halogens is 1. The minimum absolute atomic E-state index is 0.0322. The molecule has 7 heteroatoms. The summed E-state index contributed by atoms with van der Waals surface area (Å²) < 4.78 is 5.23. The molecule has 0 aromatic heterocycles. The van der Waals surface area contributed by atoms with Crippen LogP contribution in [0.15, 0.2) is 12.1 Å². The quantitative estimate of drug-likeness (QED) is 0.770. The van der Waals surface area contributed by atoms with E-state index in [2.05, 4.69) is 16.0 Å². The Kier molecular flexibility index (Phi) is 6.10. The number of nitrogens with one attached hydrogen (secondary N) is 3. The molecule has 0 heterocycles. The summed E-state index contributed by atoms with van der Waals surface area (Å²) >= 11 is 6.04. The molecule has 3 amide bonds. The molecule has 1 saturated carbocycles. The maximum Gasteiger partial charge on any atom is 0.321 e. The van der Waals surface area contributed by atoms with Gasteiger partial charge in [-0.25, -0.2) is 4.79 Å². The van der Waals surface area contributed by atoms with Gasteiger partial charge < -0.3 is 15.4 Å². The summed E-state index contributed by atoms with van der Waals surface area (Å²) in [6.45, 7) is 1.83. The highest BCUT2D eigenvalue weighted by Crippen LogP contribution is 2.30. The first-order valence-corrected chi connectivity index (χ1v) is 8.05. The van der Waals surface area contributed by atoms with Crippen molar-refractivity contribution in [2.45, 2.75) is 38.6 Å². The maximum atomic E-state index is 11.9. The molecule has 6 nitrogen and oxygen atoms in total. The second kappa shape index (κ2) is 8.06. The van der Waals surface area contributed by atoms with Crippen molar-refractivity contribution in [3.05, 3.63) is 22.7 Å². The van der Waals surface area contributed by atoms with Crippen LogP contribution in [-0.2, 0) is 4.79 Å². The molecule has 0 aliphatic heterocycles. The topological polar surface area (TPSA) is 79.5 Å². The summed E-state index contributed by atoms with van der Waals surface area (Å²) in [5.74, 6) is 0.138. The lowest BCUT2D eigenvalue weighted by atomic mass is 10.2. The molecular formula is C16H22ClN3O3. The number of imide groups is 1.